The van der Waals surface area contributed by atoms with Crippen LogP contribution in [0.15, 0.2) is 18.2 Å². The Morgan fingerprint density at radius 2 is 1.93 bits per heavy atom. The smallest absolute Gasteiger partial charge is 0.308 e. The Hall–Kier alpha value is -2.15. The summed E-state index contributed by atoms with van der Waals surface area (Å²) in [6.07, 6.45) is 2.70. The summed E-state index contributed by atoms with van der Waals surface area (Å²) >= 11 is 0. The van der Waals surface area contributed by atoms with Gasteiger partial charge in [0.25, 0.3) is 0 Å². The number of nitrogens with zero attached hydrogens (tertiary/aromatic N) is 2. The highest BCUT2D eigenvalue weighted by molar-refractivity contribution is 5.88. The highest BCUT2D eigenvalue weighted by atomic mass is 19.1. The molecule has 0 radical (unpaired) electrons. The number of carboxylic acids is 1. The van der Waals surface area contributed by atoms with Gasteiger partial charge in [-0.1, -0.05) is 6.07 Å². The second-order valence-electron chi connectivity index (χ2n) is 8.20. The SMILES string of the molecule is Cc1c(F)cccc1N1CCN(C(=O)C2NCC3(CC3)CC2C(=O)O)CC1. The number of nitrogens with one attached hydrogen (secondary N) is 1. The highest BCUT2D eigenvalue weighted by Crippen LogP contribution is 2.52. The number of piperazine rings is 1. The van der Waals surface area contributed by atoms with Crippen LogP contribution in [-0.2, 0) is 9.59 Å². The van der Waals surface area contributed by atoms with Crippen LogP contribution in [0.1, 0.15) is 24.8 Å². The maximum atomic E-state index is 13.8. The van der Waals surface area contributed by atoms with Crippen molar-refractivity contribution in [3.63, 3.8) is 0 Å². The fourth-order valence-electron chi connectivity index (χ4n) is 4.48. The zero-order chi connectivity index (χ0) is 19.2. The standard InChI is InChI=1S/C20H26FN3O3/c1-13-15(21)3-2-4-16(13)23-7-9-24(10-8-23)18(25)17-14(19(26)27)11-20(5-6-20)12-22-17/h2-4,14,17,22H,5-12H2,1H3,(H,26,27). The number of hydrogen-bond acceptors (Lipinski definition) is 4. The summed E-state index contributed by atoms with van der Waals surface area (Å²) in [6, 6.07) is 4.41. The van der Waals surface area contributed by atoms with Crippen LogP contribution in [-0.4, -0.2) is 60.6 Å². The van der Waals surface area contributed by atoms with Crippen molar-refractivity contribution in [2.75, 3.05) is 37.6 Å². The van der Waals surface area contributed by atoms with Crippen LogP contribution in [0.3, 0.4) is 0 Å². The Balaban J connectivity index is 1.41. The number of carboxylic acid groups (broad SMARTS) is 1. The zero-order valence-electron chi connectivity index (χ0n) is 15.6. The van der Waals surface area contributed by atoms with Crippen LogP contribution in [0.5, 0.6) is 0 Å². The van der Waals surface area contributed by atoms with E-state index in [1.165, 1.54) is 6.07 Å². The number of piperidine rings is 1. The molecule has 2 N–H and O–H groups in total. The summed E-state index contributed by atoms with van der Waals surface area (Å²) in [5.74, 6) is -1.89. The lowest BCUT2D eigenvalue weighted by Gasteiger charge is -2.41. The summed E-state index contributed by atoms with van der Waals surface area (Å²) < 4.78 is 13.8. The lowest BCUT2D eigenvalue weighted by molar-refractivity contribution is -0.150. The van der Waals surface area contributed by atoms with Gasteiger partial charge in [0.1, 0.15) is 11.9 Å². The van der Waals surface area contributed by atoms with E-state index in [9.17, 15) is 19.1 Å². The third kappa shape index (κ3) is 3.40. The maximum absolute atomic E-state index is 13.8. The van der Waals surface area contributed by atoms with Gasteiger partial charge in [-0.2, -0.15) is 0 Å². The molecule has 1 aromatic carbocycles. The van der Waals surface area contributed by atoms with E-state index in [0.717, 1.165) is 25.1 Å². The number of benzene rings is 1. The molecule has 2 saturated heterocycles. The molecule has 146 valence electrons. The highest BCUT2D eigenvalue weighted by Gasteiger charge is 2.52. The minimum Gasteiger partial charge on any atom is -0.481 e. The molecule has 1 aliphatic carbocycles. The molecule has 6 nitrogen and oxygen atoms in total. The summed E-state index contributed by atoms with van der Waals surface area (Å²) in [4.78, 5) is 28.5. The number of rotatable bonds is 3. The van der Waals surface area contributed by atoms with Gasteiger partial charge in [0.05, 0.1) is 5.92 Å². The van der Waals surface area contributed by atoms with E-state index in [-0.39, 0.29) is 17.1 Å². The lowest BCUT2D eigenvalue weighted by Crippen LogP contribution is -2.60. The number of carbonyl (C=O) groups is 2. The summed E-state index contributed by atoms with van der Waals surface area (Å²) in [7, 11) is 0. The van der Waals surface area contributed by atoms with Crippen molar-refractivity contribution in [3.05, 3.63) is 29.6 Å². The topological polar surface area (TPSA) is 72.9 Å². The molecule has 1 spiro atoms. The lowest BCUT2D eigenvalue weighted by atomic mass is 9.82. The summed E-state index contributed by atoms with van der Waals surface area (Å²) in [5, 5.41) is 12.8. The Morgan fingerprint density at radius 3 is 2.56 bits per heavy atom. The molecule has 1 amide bonds. The maximum Gasteiger partial charge on any atom is 0.308 e. The number of amides is 1. The van der Waals surface area contributed by atoms with Crippen molar-refractivity contribution in [2.24, 2.45) is 11.3 Å². The number of carbonyl (C=O) groups excluding carboxylic acids is 1. The molecule has 7 heteroatoms. The molecule has 0 bridgehead atoms. The first-order chi connectivity index (χ1) is 12.9. The van der Waals surface area contributed by atoms with Gasteiger partial charge in [0.2, 0.25) is 5.91 Å². The number of halogens is 1. The van der Waals surface area contributed by atoms with Crippen LogP contribution in [0.2, 0.25) is 0 Å². The van der Waals surface area contributed by atoms with Gasteiger partial charge in [-0.3, -0.25) is 9.59 Å². The zero-order valence-corrected chi connectivity index (χ0v) is 15.6. The van der Waals surface area contributed by atoms with Crippen molar-refractivity contribution in [2.45, 2.75) is 32.2 Å². The van der Waals surface area contributed by atoms with Gasteiger partial charge in [0, 0.05) is 44.0 Å². The van der Waals surface area contributed by atoms with Gasteiger partial charge < -0.3 is 20.2 Å². The fourth-order valence-corrected chi connectivity index (χ4v) is 4.48. The van der Waals surface area contributed by atoms with Crippen molar-refractivity contribution >= 4 is 17.6 Å². The Bertz CT molecular complexity index is 757. The van der Waals surface area contributed by atoms with Crippen molar-refractivity contribution in [1.29, 1.82) is 0 Å². The monoisotopic (exact) mass is 375 g/mol. The van der Waals surface area contributed by atoms with E-state index in [1.54, 1.807) is 17.9 Å². The van der Waals surface area contributed by atoms with Crippen molar-refractivity contribution in [3.8, 4) is 0 Å². The number of hydrogen-bond donors (Lipinski definition) is 2. The molecule has 1 aromatic rings. The Labute approximate surface area is 158 Å². The molecule has 2 heterocycles. The van der Waals surface area contributed by atoms with E-state index in [0.29, 0.717) is 38.2 Å². The summed E-state index contributed by atoms with van der Waals surface area (Å²) in [6.45, 7) is 4.76. The molecular weight excluding hydrogens is 349 g/mol. The second-order valence-corrected chi connectivity index (χ2v) is 8.20. The van der Waals surface area contributed by atoms with Crippen LogP contribution in [0.4, 0.5) is 10.1 Å². The molecule has 2 atom stereocenters. The van der Waals surface area contributed by atoms with Crippen LogP contribution in [0.25, 0.3) is 0 Å². The average molecular weight is 375 g/mol. The molecular formula is C20H26FN3O3. The molecule has 1 saturated carbocycles. The van der Waals surface area contributed by atoms with Crippen molar-refractivity contribution in [1.82, 2.24) is 10.2 Å². The fraction of sp³-hybridized carbons (Fsp3) is 0.600. The quantitative estimate of drug-likeness (QED) is 0.840. The second kappa shape index (κ2) is 6.78. The van der Waals surface area contributed by atoms with Gasteiger partial charge in [0.15, 0.2) is 0 Å². The van der Waals surface area contributed by atoms with Gasteiger partial charge in [-0.05, 0) is 43.7 Å². The molecule has 27 heavy (non-hydrogen) atoms. The first kappa shape index (κ1) is 18.2. The van der Waals surface area contributed by atoms with Gasteiger partial charge in [-0.15, -0.1) is 0 Å². The first-order valence-electron chi connectivity index (χ1n) is 9.65. The Morgan fingerprint density at radius 1 is 1.22 bits per heavy atom. The molecule has 0 aromatic heterocycles. The van der Waals surface area contributed by atoms with Gasteiger partial charge >= 0.3 is 5.97 Å². The molecule has 4 rings (SSSR count). The van der Waals surface area contributed by atoms with Crippen LogP contribution in [0, 0.1) is 24.1 Å². The third-order valence-electron chi connectivity index (χ3n) is 6.46. The van der Waals surface area contributed by atoms with Crippen LogP contribution >= 0.6 is 0 Å². The average Bonchev–Trinajstić information content (AvgIpc) is 3.42. The molecule has 2 unspecified atom stereocenters. The van der Waals surface area contributed by atoms with E-state index in [2.05, 4.69) is 10.2 Å². The minimum absolute atomic E-state index is 0.105. The number of aliphatic carboxylic acids is 1. The number of anilines is 1. The van der Waals surface area contributed by atoms with E-state index in [1.807, 2.05) is 6.07 Å². The first-order valence-corrected chi connectivity index (χ1v) is 9.65. The van der Waals surface area contributed by atoms with Crippen molar-refractivity contribution < 1.29 is 19.1 Å². The molecule has 3 aliphatic rings. The van der Waals surface area contributed by atoms with Gasteiger partial charge in [-0.25, -0.2) is 4.39 Å². The van der Waals surface area contributed by atoms with E-state index >= 15 is 0 Å². The minimum atomic E-state index is -0.888. The largest absolute Gasteiger partial charge is 0.481 e. The predicted molar refractivity (Wildman–Crippen MR) is 99.1 cm³/mol. The van der Waals surface area contributed by atoms with E-state index < -0.39 is 17.9 Å². The normalized spacial score (nSPS) is 26.9. The van der Waals surface area contributed by atoms with Crippen LogP contribution < -0.4 is 10.2 Å². The molecule has 2 aliphatic heterocycles. The predicted octanol–water partition coefficient (Wildman–Crippen LogP) is 1.63. The molecule has 3 fully saturated rings. The summed E-state index contributed by atoms with van der Waals surface area (Å²) in [5.41, 5.74) is 1.58. The Kier molecular flexibility index (Phi) is 4.58. The van der Waals surface area contributed by atoms with E-state index in [4.69, 9.17) is 0 Å². The third-order valence-corrected chi connectivity index (χ3v) is 6.46.